The first kappa shape index (κ1) is 13.7. The van der Waals surface area contributed by atoms with Crippen LogP contribution in [0.5, 0.6) is 0 Å². The highest BCUT2D eigenvalue weighted by molar-refractivity contribution is 5.56. The van der Waals surface area contributed by atoms with Crippen molar-refractivity contribution in [1.82, 2.24) is 9.88 Å². The number of hydrogen-bond acceptors (Lipinski definition) is 4. The van der Waals surface area contributed by atoms with E-state index in [2.05, 4.69) is 40.1 Å². The zero-order valence-electron chi connectivity index (χ0n) is 12.8. The van der Waals surface area contributed by atoms with E-state index in [0.717, 1.165) is 45.0 Å². The van der Waals surface area contributed by atoms with Crippen LogP contribution in [0.15, 0.2) is 42.6 Å². The number of piperazine rings is 1. The molecule has 2 aromatic rings. The molecule has 4 rings (SSSR count). The van der Waals surface area contributed by atoms with Gasteiger partial charge in [0.25, 0.3) is 0 Å². The van der Waals surface area contributed by atoms with Crippen molar-refractivity contribution in [3.8, 4) is 0 Å². The Labute approximate surface area is 131 Å². The average Bonchev–Trinajstić information content (AvgIpc) is 2.69. The van der Waals surface area contributed by atoms with Gasteiger partial charge in [0, 0.05) is 45.3 Å². The van der Waals surface area contributed by atoms with Gasteiger partial charge in [-0.25, -0.2) is 4.98 Å². The van der Waals surface area contributed by atoms with Gasteiger partial charge in [0.2, 0.25) is 0 Å². The van der Waals surface area contributed by atoms with E-state index in [1.54, 1.807) is 0 Å². The van der Waals surface area contributed by atoms with E-state index in [4.69, 9.17) is 10.7 Å². The highest BCUT2D eigenvalue weighted by Gasteiger charge is 2.33. The maximum absolute atomic E-state index is 5.76. The lowest BCUT2D eigenvalue weighted by atomic mass is 9.96. The van der Waals surface area contributed by atoms with Gasteiger partial charge < -0.3 is 10.6 Å². The second-order valence-electron chi connectivity index (χ2n) is 6.16. The quantitative estimate of drug-likeness (QED) is 0.917. The van der Waals surface area contributed by atoms with Crippen LogP contribution in [0.25, 0.3) is 0 Å². The predicted molar refractivity (Wildman–Crippen MR) is 89.1 cm³/mol. The van der Waals surface area contributed by atoms with Gasteiger partial charge in [-0.3, -0.25) is 4.90 Å². The predicted octanol–water partition coefficient (Wildman–Crippen LogP) is 1.81. The van der Waals surface area contributed by atoms with Crippen LogP contribution in [0.2, 0.25) is 0 Å². The number of anilines is 1. The molecule has 1 aromatic carbocycles. The lowest BCUT2D eigenvalue weighted by molar-refractivity contribution is 0.228. The van der Waals surface area contributed by atoms with Crippen LogP contribution in [-0.4, -0.2) is 42.6 Å². The summed E-state index contributed by atoms with van der Waals surface area (Å²) in [6.45, 7) is 4.81. The lowest BCUT2D eigenvalue weighted by Gasteiger charge is -2.42. The Morgan fingerprint density at radius 1 is 1.09 bits per heavy atom. The summed E-state index contributed by atoms with van der Waals surface area (Å²) in [7, 11) is 0. The molecule has 2 aliphatic rings. The Hall–Kier alpha value is -1.91. The number of nitrogens with zero attached hydrogens (tertiary/aromatic N) is 3. The van der Waals surface area contributed by atoms with E-state index >= 15 is 0 Å². The normalized spacial score (nSPS) is 20.8. The molecule has 2 N–H and O–H groups in total. The number of pyridine rings is 1. The van der Waals surface area contributed by atoms with Gasteiger partial charge >= 0.3 is 0 Å². The van der Waals surface area contributed by atoms with Crippen molar-refractivity contribution in [1.29, 1.82) is 0 Å². The summed E-state index contributed by atoms with van der Waals surface area (Å²) in [4.78, 5) is 9.67. The SMILES string of the molecule is NCCN1CCN2c3ncccc3Cc3ccccc3[C@H]2C1. The zero-order chi connectivity index (χ0) is 14.9. The van der Waals surface area contributed by atoms with Gasteiger partial charge in [-0.05, 0) is 22.8 Å². The summed E-state index contributed by atoms with van der Waals surface area (Å²) < 4.78 is 0. The second-order valence-corrected chi connectivity index (χ2v) is 6.16. The topological polar surface area (TPSA) is 45.4 Å². The molecule has 0 saturated carbocycles. The molecule has 0 radical (unpaired) electrons. The summed E-state index contributed by atoms with van der Waals surface area (Å²) in [5.74, 6) is 1.16. The third-order valence-electron chi connectivity index (χ3n) is 4.84. The number of rotatable bonds is 2. The molecular formula is C18H22N4. The number of aromatic nitrogens is 1. The van der Waals surface area contributed by atoms with E-state index in [-0.39, 0.29) is 0 Å². The number of hydrogen-bond donors (Lipinski definition) is 1. The monoisotopic (exact) mass is 294 g/mol. The first-order valence-electron chi connectivity index (χ1n) is 8.07. The van der Waals surface area contributed by atoms with E-state index in [9.17, 15) is 0 Å². The summed E-state index contributed by atoms with van der Waals surface area (Å²) in [5.41, 5.74) is 9.98. The van der Waals surface area contributed by atoms with E-state index in [1.807, 2.05) is 12.3 Å². The first-order chi connectivity index (χ1) is 10.9. The van der Waals surface area contributed by atoms with E-state index < -0.39 is 0 Å². The van der Waals surface area contributed by atoms with Gasteiger partial charge in [0.15, 0.2) is 0 Å². The Kier molecular flexibility index (Phi) is 3.56. The van der Waals surface area contributed by atoms with Crippen LogP contribution < -0.4 is 10.6 Å². The fourth-order valence-electron chi connectivity index (χ4n) is 3.80. The van der Waals surface area contributed by atoms with Crippen LogP contribution in [0, 0.1) is 0 Å². The smallest absolute Gasteiger partial charge is 0.132 e. The van der Waals surface area contributed by atoms with Gasteiger partial charge in [0.05, 0.1) is 6.04 Å². The molecule has 22 heavy (non-hydrogen) atoms. The number of benzene rings is 1. The maximum Gasteiger partial charge on any atom is 0.132 e. The van der Waals surface area contributed by atoms with Crippen LogP contribution in [0.1, 0.15) is 22.7 Å². The minimum absolute atomic E-state index is 0.382. The molecule has 4 heteroatoms. The average molecular weight is 294 g/mol. The lowest BCUT2D eigenvalue weighted by Crippen LogP contribution is -2.50. The second kappa shape index (κ2) is 5.71. The minimum atomic E-state index is 0.382. The molecule has 114 valence electrons. The largest absolute Gasteiger partial charge is 0.347 e. The van der Waals surface area contributed by atoms with E-state index in [1.165, 1.54) is 16.7 Å². The highest BCUT2D eigenvalue weighted by atomic mass is 15.3. The van der Waals surface area contributed by atoms with Gasteiger partial charge in [-0.15, -0.1) is 0 Å². The molecular weight excluding hydrogens is 272 g/mol. The van der Waals surface area contributed by atoms with Crippen LogP contribution in [0.4, 0.5) is 5.82 Å². The molecule has 0 aliphatic carbocycles. The molecule has 4 nitrogen and oxygen atoms in total. The van der Waals surface area contributed by atoms with Crippen molar-refractivity contribution in [2.75, 3.05) is 37.6 Å². The van der Waals surface area contributed by atoms with Crippen molar-refractivity contribution in [3.63, 3.8) is 0 Å². The number of nitrogens with two attached hydrogens (primary N) is 1. The molecule has 3 heterocycles. The molecule has 0 unspecified atom stereocenters. The molecule has 0 bridgehead atoms. The molecule has 2 aliphatic heterocycles. The Morgan fingerprint density at radius 2 is 1.95 bits per heavy atom. The third kappa shape index (κ3) is 2.28. The summed E-state index contributed by atoms with van der Waals surface area (Å²) >= 11 is 0. The van der Waals surface area contributed by atoms with Gasteiger partial charge in [0.1, 0.15) is 5.82 Å². The third-order valence-corrected chi connectivity index (χ3v) is 4.84. The summed E-state index contributed by atoms with van der Waals surface area (Å²) in [5, 5.41) is 0. The molecule has 1 atom stereocenters. The Bertz CT molecular complexity index is 670. The fourth-order valence-corrected chi connectivity index (χ4v) is 3.80. The number of fused-ring (bicyclic) bond motifs is 5. The van der Waals surface area contributed by atoms with Crippen molar-refractivity contribution < 1.29 is 0 Å². The van der Waals surface area contributed by atoms with Crippen LogP contribution >= 0.6 is 0 Å². The van der Waals surface area contributed by atoms with Gasteiger partial charge in [-0.1, -0.05) is 30.3 Å². The summed E-state index contributed by atoms with van der Waals surface area (Å²) in [6, 6.07) is 13.5. The molecule has 1 saturated heterocycles. The van der Waals surface area contributed by atoms with Crippen molar-refractivity contribution in [2.24, 2.45) is 5.73 Å². The standard InChI is InChI=1S/C18H22N4/c19-7-9-21-10-11-22-17(13-21)16-6-2-1-4-14(16)12-15-5-3-8-20-18(15)22/h1-6,8,17H,7,9-13,19H2/t17-/m1/s1. The zero-order valence-corrected chi connectivity index (χ0v) is 12.8. The maximum atomic E-state index is 5.76. The Balaban J connectivity index is 1.80. The molecule has 0 spiro atoms. The Morgan fingerprint density at radius 3 is 2.86 bits per heavy atom. The first-order valence-corrected chi connectivity index (χ1v) is 8.07. The molecule has 0 amide bonds. The van der Waals surface area contributed by atoms with Crippen LogP contribution in [0.3, 0.4) is 0 Å². The van der Waals surface area contributed by atoms with Crippen molar-refractivity contribution in [3.05, 3.63) is 59.3 Å². The van der Waals surface area contributed by atoms with Crippen LogP contribution in [-0.2, 0) is 6.42 Å². The fraction of sp³-hybridized carbons (Fsp3) is 0.389. The highest BCUT2D eigenvalue weighted by Crippen LogP contribution is 2.37. The van der Waals surface area contributed by atoms with Crippen molar-refractivity contribution in [2.45, 2.75) is 12.5 Å². The molecule has 1 aromatic heterocycles. The van der Waals surface area contributed by atoms with E-state index in [0.29, 0.717) is 6.04 Å². The van der Waals surface area contributed by atoms with Gasteiger partial charge in [-0.2, -0.15) is 0 Å². The minimum Gasteiger partial charge on any atom is -0.347 e. The molecule has 1 fully saturated rings. The van der Waals surface area contributed by atoms with Crippen molar-refractivity contribution >= 4 is 5.82 Å². The summed E-state index contributed by atoms with van der Waals surface area (Å²) in [6.07, 6.45) is 2.89.